The van der Waals surface area contributed by atoms with E-state index in [0.29, 0.717) is 16.5 Å². The van der Waals surface area contributed by atoms with Crippen LogP contribution in [0.4, 0.5) is 10.5 Å². The summed E-state index contributed by atoms with van der Waals surface area (Å²) in [6.45, 7) is 0.233. The second kappa shape index (κ2) is 9.45. The van der Waals surface area contributed by atoms with Crippen LogP contribution in [0, 0.1) is 0 Å². The highest BCUT2D eigenvalue weighted by Crippen LogP contribution is 2.44. The topological polar surface area (TPSA) is 75.6 Å². The van der Waals surface area contributed by atoms with Gasteiger partial charge in [0.2, 0.25) is 0 Å². The van der Waals surface area contributed by atoms with Crippen molar-refractivity contribution in [3.8, 4) is 11.1 Å². The van der Waals surface area contributed by atoms with Gasteiger partial charge in [-0.3, -0.25) is 10.1 Å². The molecule has 2 N–H and O–H groups in total. The van der Waals surface area contributed by atoms with Crippen molar-refractivity contribution in [3.05, 3.63) is 82.9 Å². The van der Waals surface area contributed by atoms with Gasteiger partial charge in [0, 0.05) is 22.3 Å². The molecule has 0 aliphatic heterocycles. The van der Waals surface area contributed by atoms with Crippen LogP contribution >= 0.6 is 23.4 Å². The van der Waals surface area contributed by atoms with E-state index in [1.807, 2.05) is 24.3 Å². The monoisotopic (exact) mass is 453 g/mol. The smallest absolute Gasteiger partial charge is 0.411 e. The molecule has 7 heteroatoms. The Kier molecular flexibility index (Phi) is 6.49. The van der Waals surface area contributed by atoms with Crippen LogP contribution in [-0.2, 0) is 9.53 Å². The van der Waals surface area contributed by atoms with Crippen LogP contribution in [0.2, 0.25) is 5.02 Å². The SMILES string of the molecule is O=C(O)CCSc1ccc(NC(=O)OCC2c3ccccc3-c3ccccc32)cc1Cl. The quantitative estimate of drug-likeness (QED) is 0.412. The van der Waals surface area contributed by atoms with E-state index in [2.05, 4.69) is 29.6 Å². The van der Waals surface area contributed by atoms with Crippen molar-refractivity contribution in [1.29, 1.82) is 0 Å². The largest absolute Gasteiger partial charge is 0.481 e. The first-order chi connectivity index (χ1) is 15.0. The Bertz CT molecular complexity index is 1090. The van der Waals surface area contributed by atoms with Crippen molar-refractivity contribution >= 4 is 41.1 Å². The number of anilines is 1. The number of carbonyl (C=O) groups excluding carboxylic acids is 1. The van der Waals surface area contributed by atoms with Crippen LogP contribution in [0.5, 0.6) is 0 Å². The fraction of sp³-hybridized carbons (Fsp3) is 0.167. The summed E-state index contributed by atoms with van der Waals surface area (Å²) in [5, 5.41) is 11.9. The van der Waals surface area contributed by atoms with Gasteiger partial charge < -0.3 is 9.84 Å². The molecule has 3 aromatic rings. The van der Waals surface area contributed by atoms with Crippen LogP contribution in [0.3, 0.4) is 0 Å². The van der Waals surface area contributed by atoms with E-state index in [1.54, 1.807) is 18.2 Å². The number of carbonyl (C=O) groups is 2. The third-order valence-corrected chi connectivity index (χ3v) is 6.60. The normalized spacial score (nSPS) is 12.2. The highest BCUT2D eigenvalue weighted by atomic mass is 35.5. The number of amides is 1. The number of ether oxygens (including phenoxy) is 1. The number of aliphatic carboxylic acids is 1. The molecule has 1 amide bonds. The van der Waals surface area contributed by atoms with Crippen molar-refractivity contribution in [2.45, 2.75) is 17.2 Å². The fourth-order valence-electron chi connectivity index (χ4n) is 3.70. The zero-order valence-corrected chi connectivity index (χ0v) is 18.1. The Morgan fingerprint density at radius 2 is 1.65 bits per heavy atom. The Hall–Kier alpha value is -2.96. The summed E-state index contributed by atoms with van der Waals surface area (Å²) in [6, 6.07) is 21.4. The third kappa shape index (κ3) is 4.86. The van der Waals surface area contributed by atoms with Gasteiger partial charge in [0.1, 0.15) is 6.61 Å². The van der Waals surface area contributed by atoms with Crippen LogP contribution < -0.4 is 5.32 Å². The number of carboxylic acid groups (broad SMARTS) is 1. The van der Waals surface area contributed by atoms with Gasteiger partial charge in [-0.1, -0.05) is 60.1 Å². The lowest BCUT2D eigenvalue weighted by molar-refractivity contribution is -0.136. The van der Waals surface area contributed by atoms with E-state index >= 15 is 0 Å². The van der Waals surface area contributed by atoms with E-state index in [9.17, 15) is 9.59 Å². The second-order valence-electron chi connectivity index (χ2n) is 7.09. The molecule has 0 radical (unpaired) electrons. The number of thioether (sulfide) groups is 1. The van der Waals surface area contributed by atoms with Gasteiger partial charge in [-0.15, -0.1) is 11.8 Å². The molecule has 0 saturated heterocycles. The molecule has 0 heterocycles. The van der Waals surface area contributed by atoms with Gasteiger partial charge in [0.25, 0.3) is 0 Å². The number of fused-ring (bicyclic) bond motifs is 3. The number of hydrogen-bond donors (Lipinski definition) is 2. The summed E-state index contributed by atoms with van der Waals surface area (Å²) in [5.41, 5.74) is 5.18. The second-order valence-corrected chi connectivity index (χ2v) is 8.63. The molecule has 1 aliphatic carbocycles. The van der Waals surface area contributed by atoms with Crippen LogP contribution in [-0.4, -0.2) is 29.5 Å². The molecule has 31 heavy (non-hydrogen) atoms. The van der Waals surface area contributed by atoms with E-state index < -0.39 is 12.1 Å². The molecule has 0 spiro atoms. The van der Waals surface area contributed by atoms with Crippen molar-refractivity contribution in [2.24, 2.45) is 0 Å². The van der Waals surface area contributed by atoms with Gasteiger partial charge in [0.15, 0.2) is 0 Å². The molecule has 0 fully saturated rings. The molecule has 4 rings (SSSR count). The average Bonchev–Trinajstić information content (AvgIpc) is 3.07. The van der Waals surface area contributed by atoms with Crippen molar-refractivity contribution in [3.63, 3.8) is 0 Å². The first kappa shape index (κ1) is 21.3. The van der Waals surface area contributed by atoms with Crippen LogP contribution in [0.15, 0.2) is 71.6 Å². The van der Waals surface area contributed by atoms with Crippen molar-refractivity contribution in [2.75, 3.05) is 17.7 Å². The molecule has 0 atom stereocenters. The first-order valence-electron chi connectivity index (χ1n) is 9.79. The first-order valence-corrected chi connectivity index (χ1v) is 11.2. The van der Waals surface area contributed by atoms with Gasteiger partial charge in [-0.25, -0.2) is 4.79 Å². The molecule has 0 unspecified atom stereocenters. The Balaban J connectivity index is 1.38. The molecular weight excluding hydrogens is 434 g/mol. The number of nitrogens with one attached hydrogen (secondary N) is 1. The number of carboxylic acids is 1. The number of rotatable bonds is 7. The molecule has 0 saturated carbocycles. The molecule has 0 bridgehead atoms. The molecule has 158 valence electrons. The lowest BCUT2D eigenvalue weighted by Gasteiger charge is -2.15. The minimum Gasteiger partial charge on any atom is -0.481 e. The van der Waals surface area contributed by atoms with E-state index in [-0.39, 0.29) is 18.9 Å². The molecule has 1 aliphatic rings. The summed E-state index contributed by atoms with van der Waals surface area (Å²) in [4.78, 5) is 23.8. The fourth-order valence-corrected chi connectivity index (χ4v) is 4.90. The third-order valence-electron chi connectivity index (χ3n) is 5.10. The maximum atomic E-state index is 12.4. The molecular formula is C24H20ClNO4S. The summed E-state index contributed by atoms with van der Waals surface area (Å²) in [7, 11) is 0. The van der Waals surface area contributed by atoms with Gasteiger partial charge in [0.05, 0.1) is 11.4 Å². The predicted molar refractivity (Wildman–Crippen MR) is 123 cm³/mol. The van der Waals surface area contributed by atoms with E-state index in [0.717, 1.165) is 16.0 Å². The van der Waals surface area contributed by atoms with Crippen LogP contribution in [0.25, 0.3) is 11.1 Å². The Morgan fingerprint density at radius 3 is 2.26 bits per heavy atom. The van der Waals surface area contributed by atoms with E-state index in [1.165, 1.54) is 22.9 Å². The number of benzene rings is 3. The van der Waals surface area contributed by atoms with Crippen molar-refractivity contribution in [1.82, 2.24) is 0 Å². The zero-order valence-electron chi connectivity index (χ0n) is 16.5. The Labute approximate surface area is 189 Å². The zero-order chi connectivity index (χ0) is 21.8. The van der Waals surface area contributed by atoms with Crippen LogP contribution in [0.1, 0.15) is 23.5 Å². The number of halogens is 1. The maximum absolute atomic E-state index is 12.4. The highest BCUT2D eigenvalue weighted by Gasteiger charge is 2.29. The van der Waals surface area contributed by atoms with Gasteiger partial charge in [-0.05, 0) is 40.5 Å². The van der Waals surface area contributed by atoms with Crippen molar-refractivity contribution < 1.29 is 19.4 Å². The molecule has 0 aromatic heterocycles. The number of hydrogen-bond acceptors (Lipinski definition) is 4. The standard InChI is InChI=1S/C24H20ClNO4S/c25-21-13-15(9-10-22(21)31-12-11-23(27)28)26-24(29)30-14-20-18-7-3-1-5-16(18)17-6-2-4-8-19(17)20/h1-10,13,20H,11-12,14H2,(H,26,29)(H,27,28). The van der Waals surface area contributed by atoms with E-state index in [4.69, 9.17) is 21.4 Å². The Morgan fingerprint density at radius 1 is 1.00 bits per heavy atom. The summed E-state index contributed by atoms with van der Waals surface area (Å²) < 4.78 is 5.54. The molecule has 3 aromatic carbocycles. The highest BCUT2D eigenvalue weighted by molar-refractivity contribution is 7.99. The maximum Gasteiger partial charge on any atom is 0.411 e. The summed E-state index contributed by atoms with van der Waals surface area (Å²) in [5.74, 6) is -0.430. The van der Waals surface area contributed by atoms with Gasteiger partial charge in [-0.2, -0.15) is 0 Å². The lowest BCUT2D eigenvalue weighted by atomic mass is 9.98. The predicted octanol–water partition coefficient (Wildman–Crippen LogP) is 6.27. The minimum absolute atomic E-state index is 0.00486. The summed E-state index contributed by atoms with van der Waals surface area (Å²) >= 11 is 7.62. The average molecular weight is 454 g/mol. The summed E-state index contributed by atoms with van der Waals surface area (Å²) in [6.07, 6.45) is -0.495. The molecule has 5 nitrogen and oxygen atoms in total. The lowest BCUT2D eigenvalue weighted by Crippen LogP contribution is -2.17. The van der Waals surface area contributed by atoms with Gasteiger partial charge >= 0.3 is 12.1 Å². The minimum atomic E-state index is -0.850.